The van der Waals surface area contributed by atoms with Gasteiger partial charge >= 0.3 is 0 Å². The quantitative estimate of drug-likeness (QED) is 0.846. The Hall–Kier alpha value is -0.530. The zero-order valence-electron chi connectivity index (χ0n) is 9.34. The number of halogens is 1. The summed E-state index contributed by atoms with van der Waals surface area (Å²) < 4.78 is 23.9. The predicted molar refractivity (Wildman–Crippen MR) is 79.0 cm³/mol. The van der Waals surface area contributed by atoms with Gasteiger partial charge in [0.05, 0.1) is 17.5 Å². The smallest absolute Gasteiger partial charge is 0.161 e. The highest BCUT2D eigenvalue weighted by Crippen LogP contribution is 2.34. The Morgan fingerprint density at radius 3 is 2.67 bits per heavy atom. The molecule has 7 heteroatoms. The third-order valence-corrected chi connectivity index (χ3v) is 6.58. The first-order valence-electron chi connectivity index (χ1n) is 5.49. The summed E-state index contributed by atoms with van der Waals surface area (Å²) in [6.07, 6.45) is 0. The summed E-state index contributed by atoms with van der Waals surface area (Å²) in [6.45, 7) is 0. The fraction of sp³-hybridized carbons (Fsp3) is 0.364. The van der Waals surface area contributed by atoms with E-state index in [0.717, 1.165) is 15.3 Å². The van der Waals surface area contributed by atoms with E-state index in [2.05, 4.69) is 26.2 Å². The number of aliphatic imine (C=N–C) groups is 1. The van der Waals surface area contributed by atoms with E-state index >= 15 is 0 Å². The van der Waals surface area contributed by atoms with Crippen molar-refractivity contribution in [3.05, 3.63) is 28.7 Å². The van der Waals surface area contributed by atoms with Crippen molar-refractivity contribution in [2.24, 2.45) is 4.99 Å². The number of rotatable bonds is 1. The van der Waals surface area contributed by atoms with Crippen molar-refractivity contribution >= 4 is 48.4 Å². The minimum absolute atomic E-state index is 0.0713. The first-order valence-corrected chi connectivity index (χ1v) is 8.99. The van der Waals surface area contributed by atoms with Gasteiger partial charge in [0.1, 0.15) is 0 Å². The van der Waals surface area contributed by atoms with Gasteiger partial charge in [-0.15, -0.1) is 0 Å². The van der Waals surface area contributed by atoms with Gasteiger partial charge in [-0.2, -0.15) is 0 Å². The zero-order chi connectivity index (χ0) is 12.8. The molecule has 0 amide bonds. The number of nitrogens with zero attached hydrogens (tertiary/aromatic N) is 1. The topological polar surface area (TPSA) is 58.5 Å². The molecule has 1 aromatic carbocycles. The number of amidine groups is 1. The molecule has 2 aliphatic rings. The van der Waals surface area contributed by atoms with E-state index in [1.165, 1.54) is 11.8 Å². The van der Waals surface area contributed by atoms with Crippen LogP contribution in [0.2, 0.25) is 0 Å². The molecule has 0 aliphatic carbocycles. The van der Waals surface area contributed by atoms with Crippen LogP contribution in [0.15, 0.2) is 33.7 Å². The number of anilines is 1. The largest absolute Gasteiger partial charge is 0.335 e. The molecule has 2 heterocycles. The standard InChI is InChI=1S/C11H11BrN2O2S2/c12-7-1-3-8(4-2-7)13-11-14-9-5-18(15,16)6-10(9)17-11/h1-4,9-10H,5-6H2,(H,13,14)/t9-,10+/m0/s1. The molecule has 1 N–H and O–H groups in total. The van der Waals surface area contributed by atoms with Crippen LogP contribution < -0.4 is 5.32 Å². The number of hydrogen-bond donors (Lipinski definition) is 1. The third-order valence-electron chi connectivity index (χ3n) is 2.91. The average molecular weight is 347 g/mol. The van der Waals surface area contributed by atoms with E-state index in [0.29, 0.717) is 0 Å². The maximum atomic E-state index is 11.4. The summed E-state index contributed by atoms with van der Waals surface area (Å²) in [5.74, 6) is 0.438. The molecule has 0 radical (unpaired) electrons. The van der Waals surface area contributed by atoms with Gasteiger partial charge in [0.15, 0.2) is 15.0 Å². The number of benzene rings is 1. The lowest BCUT2D eigenvalue weighted by Crippen LogP contribution is -2.13. The van der Waals surface area contributed by atoms with E-state index < -0.39 is 9.84 Å². The zero-order valence-corrected chi connectivity index (χ0v) is 12.6. The fourth-order valence-electron chi connectivity index (χ4n) is 2.07. The molecule has 2 atom stereocenters. The summed E-state index contributed by atoms with van der Waals surface area (Å²) >= 11 is 4.91. The van der Waals surface area contributed by atoms with Crippen molar-refractivity contribution in [3.63, 3.8) is 0 Å². The van der Waals surface area contributed by atoms with Gasteiger partial charge in [0.2, 0.25) is 0 Å². The van der Waals surface area contributed by atoms with Gasteiger partial charge in [-0.25, -0.2) is 8.42 Å². The summed E-state index contributed by atoms with van der Waals surface area (Å²) in [6, 6.07) is 7.75. The molecular weight excluding hydrogens is 336 g/mol. The molecule has 96 valence electrons. The van der Waals surface area contributed by atoms with Crippen molar-refractivity contribution in [3.8, 4) is 0 Å². The van der Waals surface area contributed by atoms with E-state index in [4.69, 9.17) is 0 Å². The average Bonchev–Trinajstić information content (AvgIpc) is 2.74. The van der Waals surface area contributed by atoms with Crippen molar-refractivity contribution in [1.82, 2.24) is 0 Å². The molecule has 4 nitrogen and oxygen atoms in total. The normalized spacial score (nSPS) is 28.8. The van der Waals surface area contributed by atoms with Gasteiger partial charge in [0, 0.05) is 15.4 Å². The van der Waals surface area contributed by atoms with Crippen LogP contribution in [-0.2, 0) is 9.84 Å². The lowest BCUT2D eigenvalue weighted by Gasteiger charge is -2.06. The Balaban J connectivity index is 1.71. The van der Waals surface area contributed by atoms with Crippen molar-refractivity contribution in [1.29, 1.82) is 0 Å². The van der Waals surface area contributed by atoms with Crippen LogP contribution in [-0.4, -0.2) is 36.4 Å². The lowest BCUT2D eigenvalue weighted by atomic mass is 10.3. The monoisotopic (exact) mass is 346 g/mol. The molecule has 1 aromatic rings. The first-order chi connectivity index (χ1) is 8.52. The molecule has 0 bridgehead atoms. The van der Waals surface area contributed by atoms with Crippen LogP contribution >= 0.6 is 27.7 Å². The van der Waals surface area contributed by atoms with E-state index in [-0.39, 0.29) is 22.8 Å². The second kappa shape index (κ2) is 4.54. The minimum Gasteiger partial charge on any atom is -0.335 e. The molecule has 18 heavy (non-hydrogen) atoms. The lowest BCUT2D eigenvalue weighted by molar-refractivity contribution is 0.601. The number of sulfone groups is 1. The molecule has 1 fully saturated rings. The highest BCUT2D eigenvalue weighted by Gasteiger charge is 2.42. The van der Waals surface area contributed by atoms with Crippen LogP contribution in [0, 0.1) is 0 Å². The number of nitrogens with one attached hydrogen (secondary N) is 1. The molecular formula is C11H11BrN2O2S2. The van der Waals surface area contributed by atoms with Gasteiger partial charge in [-0.3, -0.25) is 4.99 Å². The Morgan fingerprint density at radius 1 is 1.28 bits per heavy atom. The number of hydrogen-bond acceptors (Lipinski definition) is 5. The van der Waals surface area contributed by atoms with Crippen LogP contribution in [0.3, 0.4) is 0 Å². The summed E-state index contributed by atoms with van der Waals surface area (Å²) in [5, 5.41) is 4.13. The first kappa shape index (κ1) is 12.5. The fourth-order valence-corrected chi connectivity index (χ4v) is 6.01. The van der Waals surface area contributed by atoms with E-state index in [1.807, 2.05) is 24.3 Å². The minimum atomic E-state index is -2.87. The molecule has 0 aromatic heterocycles. The molecule has 1 saturated heterocycles. The van der Waals surface area contributed by atoms with Gasteiger partial charge < -0.3 is 5.32 Å². The molecule has 0 unspecified atom stereocenters. The highest BCUT2D eigenvalue weighted by atomic mass is 79.9. The Morgan fingerprint density at radius 2 is 2.00 bits per heavy atom. The number of thioether (sulfide) groups is 1. The van der Waals surface area contributed by atoms with Crippen LogP contribution in [0.4, 0.5) is 5.69 Å². The Labute approximate surface area is 118 Å². The third kappa shape index (κ3) is 2.57. The Kier molecular flexibility index (Phi) is 3.15. The Bertz CT molecular complexity index is 598. The predicted octanol–water partition coefficient (Wildman–Crippen LogP) is 2.13. The second-order valence-electron chi connectivity index (χ2n) is 4.37. The molecule has 0 saturated carbocycles. The molecule has 0 spiro atoms. The maximum absolute atomic E-state index is 11.4. The molecule has 2 aliphatic heterocycles. The molecule has 3 rings (SSSR count). The van der Waals surface area contributed by atoms with Crippen LogP contribution in [0.25, 0.3) is 0 Å². The van der Waals surface area contributed by atoms with Crippen molar-refractivity contribution < 1.29 is 8.42 Å². The van der Waals surface area contributed by atoms with E-state index in [1.54, 1.807) is 0 Å². The second-order valence-corrected chi connectivity index (χ2v) is 8.66. The number of fused-ring (bicyclic) bond motifs is 1. The van der Waals surface area contributed by atoms with Crippen LogP contribution in [0.1, 0.15) is 0 Å². The van der Waals surface area contributed by atoms with E-state index in [9.17, 15) is 8.42 Å². The summed E-state index contributed by atoms with van der Waals surface area (Å²) in [4.78, 5) is 4.44. The van der Waals surface area contributed by atoms with Gasteiger partial charge in [-0.1, -0.05) is 27.7 Å². The highest BCUT2D eigenvalue weighted by molar-refractivity contribution is 9.10. The van der Waals surface area contributed by atoms with Gasteiger partial charge in [0.25, 0.3) is 0 Å². The van der Waals surface area contributed by atoms with Gasteiger partial charge in [-0.05, 0) is 24.3 Å². The maximum Gasteiger partial charge on any atom is 0.161 e. The summed E-state index contributed by atoms with van der Waals surface area (Å²) in [7, 11) is -2.87. The van der Waals surface area contributed by atoms with Crippen molar-refractivity contribution in [2.75, 3.05) is 16.8 Å². The summed E-state index contributed by atoms with van der Waals surface area (Å²) in [5.41, 5.74) is 0.965. The van der Waals surface area contributed by atoms with Crippen LogP contribution in [0.5, 0.6) is 0 Å². The van der Waals surface area contributed by atoms with Crippen molar-refractivity contribution in [2.45, 2.75) is 11.3 Å². The SMILES string of the molecule is O=S1(=O)C[C@@H]2N=C(Nc3ccc(Br)cc3)S[C@@H]2C1.